The van der Waals surface area contributed by atoms with E-state index in [2.05, 4.69) is 70.1 Å². The number of amides is 2. The van der Waals surface area contributed by atoms with Gasteiger partial charge < -0.3 is 40.0 Å². The minimum Gasteiger partial charge on any atom is -0.508 e. The first kappa shape index (κ1) is 43.9. The molecule has 12 nitrogen and oxygen atoms in total. The molecular formula is C49H64N6O6. The van der Waals surface area contributed by atoms with Gasteiger partial charge >= 0.3 is 0 Å². The predicted molar refractivity (Wildman–Crippen MR) is 238 cm³/mol. The monoisotopic (exact) mass is 832 g/mol. The van der Waals surface area contributed by atoms with E-state index >= 15 is 0 Å². The zero-order valence-corrected chi connectivity index (χ0v) is 37.0. The molecule has 8 rings (SSSR count). The number of piperazine rings is 2. The van der Waals surface area contributed by atoms with E-state index in [4.69, 9.17) is 0 Å². The van der Waals surface area contributed by atoms with Crippen LogP contribution in [0.25, 0.3) is 0 Å². The number of hydrogen-bond donors (Lipinski definition) is 4. The van der Waals surface area contributed by atoms with Crippen LogP contribution in [0.5, 0.6) is 23.0 Å². The molecule has 0 spiro atoms. The van der Waals surface area contributed by atoms with Crippen LogP contribution in [-0.4, -0.2) is 128 Å². The maximum absolute atomic E-state index is 13.2. The van der Waals surface area contributed by atoms with Crippen LogP contribution in [0.4, 0.5) is 0 Å². The zero-order valence-electron chi connectivity index (χ0n) is 37.0. The molecule has 4 aliphatic rings. The average Bonchev–Trinajstić information content (AvgIpc) is 3.83. The number of carbonyl (C=O) groups is 2. The van der Waals surface area contributed by atoms with Gasteiger partial charge in [0.15, 0.2) is 0 Å². The van der Waals surface area contributed by atoms with Gasteiger partial charge in [0.1, 0.15) is 23.0 Å². The van der Waals surface area contributed by atoms with Crippen LogP contribution in [0.15, 0.2) is 60.7 Å². The number of fused-ring (bicyclic) bond motifs is 2. The second-order valence-electron chi connectivity index (χ2n) is 18.9. The van der Waals surface area contributed by atoms with Crippen LogP contribution in [-0.2, 0) is 44.7 Å². The molecule has 61 heavy (non-hydrogen) atoms. The number of phenols is 4. The lowest BCUT2D eigenvalue weighted by Gasteiger charge is -2.32. The molecule has 0 bridgehead atoms. The van der Waals surface area contributed by atoms with Crippen LogP contribution >= 0.6 is 0 Å². The topological polar surface area (TPSA) is 134 Å². The second kappa shape index (κ2) is 18.1. The van der Waals surface area contributed by atoms with E-state index in [0.29, 0.717) is 37.3 Å². The van der Waals surface area contributed by atoms with Gasteiger partial charge in [-0.2, -0.15) is 0 Å². The number of benzene rings is 4. The fraction of sp³-hybridized carbons (Fsp3) is 0.469. The molecule has 0 radical (unpaired) electrons. The summed E-state index contributed by atoms with van der Waals surface area (Å²) in [5.74, 6) is -0.663. The lowest BCUT2D eigenvalue weighted by molar-refractivity contribution is 0.0740. The molecule has 4 aromatic carbocycles. The minimum absolute atomic E-state index is 0.0137. The highest BCUT2D eigenvalue weighted by Gasteiger charge is 2.30. The van der Waals surface area contributed by atoms with Crippen LogP contribution in [0, 0.1) is 0 Å². The number of nitrogens with zero attached hydrogens (tertiary/aromatic N) is 6. The first-order valence-corrected chi connectivity index (χ1v) is 21.7. The molecule has 12 heteroatoms. The van der Waals surface area contributed by atoms with Crippen LogP contribution < -0.4 is 0 Å². The number of phenolic OH excluding ortho intramolecular Hbond substituents is 4. The van der Waals surface area contributed by atoms with Gasteiger partial charge in [0.2, 0.25) is 0 Å². The van der Waals surface area contributed by atoms with Gasteiger partial charge in [0.05, 0.1) is 11.1 Å². The summed E-state index contributed by atoms with van der Waals surface area (Å²) in [6.07, 6.45) is 0. The lowest BCUT2D eigenvalue weighted by atomic mass is 9.85. The third kappa shape index (κ3) is 10.2. The molecule has 2 fully saturated rings. The lowest BCUT2D eigenvalue weighted by Crippen LogP contribution is -2.43. The maximum Gasteiger partial charge on any atom is 0.258 e. The standard InChI is InChI=1S/C25H33N3O3.C24H31N3O3/c1-25(2,3)21-12-20(22(29)13-23(21)30)24(31)28-15-18-6-5-17(11-19(18)16-28)14-27-9-7-26(4)8-10-27;1-16(2)20-11-21(23(29)12-22(20)28)24(30)27-14-18-5-4-17(10-19(18)15-27)13-26-8-6-25(3)7-9-26/h5-6,11-13,29-30H,7-10,14-16H2,1-4H3;4-5,10-12,16,28-29H,6-9,13-15H2,1-3H3. The highest BCUT2D eigenvalue weighted by atomic mass is 16.3. The smallest absolute Gasteiger partial charge is 0.258 e. The van der Waals surface area contributed by atoms with E-state index in [1.807, 2.05) is 34.6 Å². The average molecular weight is 833 g/mol. The van der Waals surface area contributed by atoms with Crippen molar-refractivity contribution in [2.24, 2.45) is 0 Å². The van der Waals surface area contributed by atoms with Gasteiger partial charge in [-0.3, -0.25) is 19.4 Å². The molecule has 2 saturated heterocycles. The normalized spacial score (nSPS) is 17.6. The number of hydrogen-bond acceptors (Lipinski definition) is 10. The van der Waals surface area contributed by atoms with E-state index in [9.17, 15) is 30.0 Å². The van der Waals surface area contributed by atoms with Crippen molar-refractivity contribution < 1.29 is 30.0 Å². The van der Waals surface area contributed by atoms with Gasteiger partial charge in [-0.15, -0.1) is 0 Å². The first-order chi connectivity index (χ1) is 28.9. The Kier molecular flexibility index (Phi) is 13.0. The predicted octanol–water partition coefficient (Wildman–Crippen LogP) is 6.42. The Bertz CT molecular complexity index is 2250. The number of likely N-dealkylation sites (N-methyl/N-ethyl adjacent to an activating group) is 2. The number of rotatable bonds is 7. The summed E-state index contributed by atoms with van der Waals surface area (Å²) in [6, 6.07) is 18.9. The molecule has 0 atom stereocenters. The third-order valence-corrected chi connectivity index (χ3v) is 12.7. The Labute approximate surface area is 361 Å². The Balaban J connectivity index is 0.000000184. The third-order valence-electron chi connectivity index (χ3n) is 12.7. The molecule has 4 aliphatic heterocycles. The molecule has 326 valence electrons. The van der Waals surface area contributed by atoms with Crippen molar-refractivity contribution in [1.82, 2.24) is 29.4 Å². The fourth-order valence-corrected chi connectivity index (χ4v) is 8.83. The molecule has 0 unspecified atom stereocenters. The van der Waals surface area contributed by atoms with E-state index < -0.39 is 0 Å². The van der Waals surface area contributed by atoms with E-state index in [0.717, 1.165) is 76.6 Å². The summed E-state index contributed by atoms with van der Waals surface area (Å²) >= 11 is 0. The van der Waals surface area contributed by atoms with Crippen LogP contribution in [0.3, 0.4) is 0 Å². The summed E-state index contributed by atoms with van der Waals surface area (Å²) in [4.78, 5) is 39.5. The van der Waals surface area contributed by atoms with Crippen LogP contribution in [0.1, 0.15) is 106 Å². The minimum atomic E-state index is -0.334. The van der Waals surface area contributed by atoms with E-state index in [1.165, 1.54) is 34.4 Å². The van der Waals surface area contributed by atoms with Gasteiger partial charge in [0.25, 0.3) is 11.8 Å². The SMILES string of the molecule is CC(C)c1cc(C(=O)N2Cc3ccc(CN4CCN(C)CC4)cc3C2)c(O)cc1O.CN1CCN(Cc2ccc3c(c2)CN(C(=O)c2cc(C(C)(C)C)c(O)cc2O)C3)CC1. The Morgan fingerprint density at radius 3 is 1.38 bits per heavy atom. The summed E-state index contributed by atoms with van der Waals surface area (Å²) in [5, 5.41) is 40.9. The molecule has 4 aromatic rings. The molecule has 4 N–H and O–H groups in total. The van der Waals surface area contributed by atoms with E-state index in [1.54, 1.807) is 21.9 Å². The van der Waals surface area contributed by atoms with Crippen molar-refractivity contribution >= 4 is 11.8 Å². The Hall–Kier alpha value is -5.14. The largest absolute Gasteiger partial charge is 0.508 e. The van der Waals surface area contributed by atoms with Crippen molar-refractivity contribution in [2.45, 2.75) is 85.2 Å². The Morgan fingerprint density at radius 2 is 0.951 bits per heavy atom. The summed E-state index contributed by atoms with van der Waals surface area (Å²) in [6.45, 7) is 22.6. The van der Waals surface area contributed by atoms with Gasteiger partial charge in [-0.1, -0.05) is 71.0 Å². The molecule has 0 aliphatic carbocycles. The quantitative estimate of drug-likeness (QED) is 0.165. The molecule has 4 heterocycles. The number of aromatic hydroxyl groups is 4. The van der Waals surface area contributed by atoms with E-state index in [-0.39, 0.29) is 57.3 Å². The maximum atomic E-state index is 13.2. The number of carbonyl (C=O) groups excluding carboxylic acids is 2. The molecule has 0 saturated carbocycles. The van der Waals surface area contributed by atoms with Gasteiger partial charge in [-0.05, 0) is 76.5 Å². The Morgan fingerprint density at radius 1 is 0.541 bits per heavy atom. The summed E-state index contributed by atoms with van der Waals surface area (Å²) < 4.78 is 0. The summed E-state index contributed by atoms with van der Waals surface area (Å²) in [7, 11) is 4.32. The summed E-state index contributed by atoms with van der Waals surface area (Å²) in [5.41, 5.74) is 8.71. The highest BCUT2D eigenvalue weighted by molar-refractivity contribution is 5.98. The molecule has 0 aromatic heterocycles. The zero-order chi connectivity index (χ0) is 43.7. The second-order valence-corrected chi connectivity index (χ2v) is 18.9. The molecular weight excluding hydrogens is 769 g/mol. The van der Waals surface area contributed by atoms with Gasteiger partial charge in [-0.25, -0.2) is 0 Å². The van der Waals surface area contributed by atoms with Gasteiger partial charge in [0, 0.05) is 109 Å². The van der Waals surface area contributed by atoms with Crippen molar-refractivity contribution in [3.05, 3.63) is 116 Å². The van der Waals surface area contributed by atoms with Crippen molar-refractivity contribution in [3.63, 3.8) is 0 Å². The van der Waals surface area contributed by atoms with Crippen molar-refractivity contribution in [2.75, 3.05) is 66.5 Å². The molecule has 2 amide bonds. The first-order valence-electron chi connectivity index (χ1n) is 21.7. The van der Waals surface area contributed by atoms with Crippen LogP contribution in [0.2, 0.25) is 0 Å². The highest BCUT2D eigenvalue weighted by Crippen LogP contribution is 2.38. The van der Waals surface area contributed by atoms with Crippen molar-refractivity contribution in [3.8, 4) is 23.0 Å². The van der Waals surface area contributed by atoms with Crippen molar-refractivity contribution in [1.29, 1.82) is 0 Å². The fourth-order valence-electron chi connectivity index (χ4n) is 8.83.